The first-order valence-electron chi connectivity index (χ1n) is 9.99. The third kappa shape index (κ3) is 2.16. The van der Waals surface area contributed by atoms with E-state index in [1.54, 1.807) is 7.05 Å². The van der Waals surface area contributed by atoms with Gasteiger partial charge >= 0.3 is 0 Å². The van der Waals surface area contributed by atoms with Gasteiger partial charge in [0.2, 0.25) is 5.91 Å². The molecular weight excluding hydrogens is 298 g/mol. The smallest absolute Gasteiger partial charge is 0.223 e. The summed E-state index contributed by atoms with van der Waals surface area (Å²) in [6.07, 6.45) is 11.3. The first kappa shape index (κ1) is 16.6. The van der Waals surface area contributed by atoms with Crippen molar-refractivity contribution in [3.8, 4) is 0 Å². The largest absolute Gasteiger partial charge is 0.393 e. The predicted octanol–water partition coefficient (Wildman–Crippen LogP) is 3.67. The molecule has 3 saturated carbocycles. The van der Waals surface area contributed by atoms with Crippen LogP contribution in [0.1, 0.15) is 65.2 Å². The number of rotatable bonds is 1. The normalized spacial score (nSPS) is 50.3. The van der Waals surface area contributed by atoms with E-state index in [2.05, 4.69) is 25.2 Å². The molecule has 0 aromatic heterocycles. The maximum absolute atomic E-state index is 12.4. The van der Waals surface area contributed by atoms with Crippen LogP contribution in [0.4, 0.5) is 0 Å². The van der Waals surface area contributed by atoms with Crippen molar-refractivity contribution in [1.29, 1.82) is 0 Å². The fraction of sp³-hybridized carbons (Fsp3) is 0.857. The summed E-state index contributed by atoms with van der Waals surface area (Å²) in [6.45, 7) is 4.86. The van der Waals surface area contributed by atoms with Crippen LogP contribution < -0.4 is 5.32 Å². The van der Waals surface area contributed by atoms with Crippen molar-refractivity contribution in [3.63, 3.8) is 0 Å². The second-order valence-electron chi connectivity index (χ2n) is 9.44. The summed E-state index contributed by atoms with van der Waals surface area (Å²) >= 11 is 0. The Hall–Kier alpha value is -0.830. The van der Waals surface area contributed by atoms with Crippen LogP contribution in [0.5, 0.6) is 0 Å². The Balaban J connectivity index is 1.64. The van der Waals surface area contributed by atoms with Crippen LogP contribution in [0.25, 0.3) is 0 Å². The molecule has 4 aliphatic rings. The molecule has 4 aliphatic carbocycles. The zero-order valence-corrected chi connectivity index (χ0v) is 15.5. The van der Waals surface area contributed by atoms with E-state index in [0.717, 1.165) is 37.5 Å². The van der Waals surface area contributed by atoms with E-state index < -0.39 is 0 Å². The Morgan fingerprint density at radius 2 is 1.96 bits per heavy atom. The number of fused-ring (bicyclic) bond motifs is 5. The zero-order chi connectivity index (χ0) is 17.1. The standard InChI is InChI=1S/C21H33NO2/c1-20-10-8-14(23)12-13(20)4-5-15-16-6-7-18(19(24)22-3)21(16,2)11-9-17(15)20/h4,14-18,23H,5-12H2,1-3H3,(H,22,24)/t14-,15-,16-,17-,18+,20-,21-/m0/s1. The fourth-order valence-electron chi connectivity index (χ4n) is 7.25. The van der Waals surface area contributed by atoms with Crippen LogP contribution in [0.3, 0.4) is 0 Å². The van der Waals surface area contributed by atoms with Gasteiger partial charge < -0.3 is 10.4 Å². The van der Waals surface area contributed by atoms with Gasteiger partial charge in [-0.05, 0) is 80.0 Å². The molecular formula is C21H33NO2. The zero-order valence-electron chi connectivity index (χ0n) is 15.5. The highest BCUT2D eigenvalue weighted by molar-refractivity contribution is 5.79. The van der Waals surface area contributed by atoms with Gasteiger partial charge in [0.05, 0.1) is 6.10 Å². The predicted molar refractivity (Wildman–Crippen MR) is 95.3 cm³/mol. The van der Waals surface area contributed by atoms with Crippen molar-refractivity contribution in [2.45, 2.75) is 71.3 Å². The summed E-state index contributed by atoms with van der Waals surface area (Å²) in [6, 6.07) is 0. The number of allylic oxidation sites excluding steroid dienone is 1. The van der Waals surface area contributed by atoms with Crippen LogP contribution in [-0.4, -0.2) is 24.2 Å². The third-order valence-electron chi connectivity index (χ3n) is 8.64. The van der Waals surface area contributed by atoms with E-state index in [1.165, 1.54) is 31.3 Å². The van der Waals surface area contributed by atoms with Crippen LogP contribution >= 0.6 is 0 Å². The summed E-state index contributed by atoms with van der Waals surface area (Å²) in [7, 11) is 1.79. The molecule has 0 aromatic rings. The van der Waals surface area contributed by atoms with Crippen LogP contribution in [0.2, 0.25) is 0 Å². The average molecular weight is 332 g/mol. The molecule has 0 bridgehead atoms. The summed E-state index contributed by atoms with van der Waals surface area (Å²) in [5, 5.41) is 13.0. The van der Waals surface area contributed by atoms with Crippen molar-refractivity contribution in [1.82, 2.24) is 5.32 Å². The maximum atomic E-state index is 12.4. The van der Waals surface area contributed by atoms with Gasteiger partial charge in [-0.3, -0.25) is 4.79 Å². The number of aliphatic hydroxyl groups excluding tert-OH is 1. The lowest BCUT2D eigenvalue weighted by Gasteiger charge is -2.57. The molecule has 0 saturated heterocycles. The van der Waals surface area contributed by atoms with Crippen molar-refractivity contribution in [2.24, 2.45) is 34.5 Å². The van der Waals surface area contributed by atoms with Gasteiger partial charge in [0.15, 0.2) is 0 Å². The van der Waals surface area contributed by atoms with Gasteiger partial charge in [-0.25, -0.2) is 0 Å². The third-order valence-corrected chi connectivity index (χ3v) is 8.64. The van der Waals surface area contributed by atoms with Crippen molar-refractivity contribution in [2.75, 3.05) is 7.05 Å². The minimum atomic E-state index is -0.126. The molecule has 0 radical (unpaired) electrons. The van der Waals surface area contributed by atoms with E-state index >= 15 is 0 Å². The molecule has 0 aromatic carbocycles. The first-order valence-corrected chi connectivity index (χ1v) is 9.99. The topological polar surface area (TPSA) is 49.3 Å². The summed E-state index contributed by atoms with van der Waals surface area (Å²) in [5.41, 5.74) is 2.03. The number of hydrogen-bond donors (Lipinski definition) is 2. The molecule has 1 amide bonds. The van der Waals surface area contributed by atoms with Crippen LogP contribution in [-0.2, 0) is 4.79 Å². The Morgan fingerprint density at radius 3 is 2.71 bits per heavy atom. The summed E-state index contributed by atoms with van der Waals surface area (Å²) in [5.74, 6) is 2.66. The quantitative estimate of drug-likeness (QED) is 0.720. The molecule has 3 nitrogen and oxygen atoms in total. The number of nitrogens with one attached hydrogen (secondary N) is 1. The van der Waals surface area contributed by atoms with Gasteiger partial charge in [-0.2, -0.15) is 0 Å². The Kier molecular flexibility index (Phi) is 3.87. The summed E-state index contributed by atoms with van der Waals surface area (Å²) in [4.78, 5) is 12.4. The molecule has 4 rings (SSSR count). The van der Waals surface area contributed by atoms with Gasteiger partial charge in [-0.1, -0.05) is 25.5 Å². The Morgan fingerprint density at radius 1 is 1.17 bits per heavy atom. The fourth-order valence-corrected chi connectivity index (χ4v) is 7.25. The Bertz CT molecular complexity index is 570. The van der Waals surface area contributed by atoms with E-state index in [-0.39, 0.29) is 23.3 Å². The van der Waals surface area contributed by atoms with Gasteiger partial charge in [0.25, 0.3) is 0 Å². The van der Waals surface area contributed by atoms with Crippen LogP contribution in [0.15, 0.2) is 11.6 Å². The molecule has 2 N–H and O–H groups in total. The van der Waals surface area contributed by atoms with E-state index in [9.17, 15) is 9.90 Å². The minimum absolute atomic E-state index is 0.126. The van der Waals surface area contributed by atoms with Gasteiger partial charge in [-0.15, -0.1) is 0 Å². The number of carbonyl (C=O) groups excluding carboxylic acids is 1. The second kappa shape index (κ2) is 5.59. The van der Waals surface area contributed by atoms with Crippen LogP contribution in [0, 0.1) is 34.5 Å². The lowest BCUT2D eigenvalue weighted by molar-refractivity contribution is -0.131. The maximum Gasteiger partial charge on any atom is 0.223 e. The molecule has 0 unspecified atom stereocenters. The minimum Gasteiger partial charge on any atom is -0.393 e. The Labute approximate surface area is 146 Å². The van der Waals surface area contributed by atoms with Crippen molar-refractivity contribution in [3.05, 3.63) is 11.6 Å². The highest BCUT2D eigenvalue weighted by Gasteiger charge is 2.59. The number of carbonyl (C=O) groups is 1. The average Bonchev–Trinajstić information content (AvgIpc) is 2.92. The van der Waals surface area contributed by atoms with Crippen molar-refractivity contribution >= 4 is 5.91 Å². The summed E-state index contributed by atoms with van der Waals surface area (Å²) < 4.78 is 0. The first-order chi connectivity index (χ1) is 11.4. The molecule has 0 heterocycles. The molecule has 134 valence electrons. The molecule has 3 fully saturated rings. The van der Waals surface area contributed by atoms with Gasteiger partial charge in [0, 0.05) is 13.0 Å². The molecule has 0 spiro atoms. The second-order valence-corrected chi connectivity index (χ2v) is 9.44. The number of aliphatic hydroxyl groups is 1. The monoisotopic (exact) mass is 331 g/mol. The molecule has 24 heavy (non-hydrogen) atoms. The highest BCUT2D eigenvalue weighted by Crippen LogP contribution is 2.66. The van der Waals surface area contributed by atoms with Gasteiger partial charge in [0.1, 0.15) is 0 Å². The number of amides is 1. The molecule has 7 atom stereocenters. The van der Waals surface area contributed by atoms with E-state index in [4.69, 9.17) is 0 Å². The number of hydrogen-bond acceptors (Lipinski definition) is 2. The highest BCUT2D eigenvalue weighted by atomic mass is 16.3. The van der Waals surface area contributed by atoms with Crippen molar-refractivity contribution < 1.29 is 9.90 Å². The lowest BCUT2D eigenvalue weighted by Crippen LogP contribution is -2.51. The van der Waals surface area contributed by atoms with E-state index in [0.29, 0.717) is 11.3 Å². The lowest BCUT2D eigenvalue weighted by atomic mass is 9.47. The molecule has 3 heteroatoms. The van der Waals surface area contributed by atoms with E-state index in [1.807, 2.05) is 0 Å². The SMILES string of the molecule is CNC(=O)[C@H]1CC[C@H]2[C@@H]3CC=C4C[C@@H](O)CC[C@]4(C)[C@H]3CC[C@]12C. The molecule has 0 aliphatic heterocycles.